The molecule has 4 amide bonds. The predicted molar refractivity (Wildman–Crippen MR) is 179 cm³/mol. The summed E-state index contributed by atoms with van der Waals surface area (Å²) in [6.45, 7) is 6.43. The van der Waals surface area contributed by atoms with Crippen LogP contribution >= 0.6 is 0 Å². The second kappa shape index (κ2) is 16.9. The van der Waals surface area contributed by atoms with Gasteiger partial charge >= 0.3 is 6.03 Å². The molecule has 0 bridgehead atoms. The molecule has 47 heavy (non-hydrogen) atoms. The fourth-order valence-corrected chi connectivity index (χ4v) is 5.44. The Balaban J connectivity index is 1.60. The number of benzene rings is 3. The van der Waals surface area contributed by atoms with Gasteiger partial charge in [0, 0.05) is 49.6 Å². The lowest BCUT2D eigenvalue weighted by Gasteiger charge is -2.36. The zero-order chi connectivity index (χ0) is 33.9. The standard InChI is InChI=1S/C36H45FN4O6/c1-24-21-41(25(2)23-42)35(44)31-20-30(39-36(45)38-29-15-13-28(37)14-16-29)17-18-32(31)47-26(3)10-8-9-19-46-33(24)22-40(4)34(43)27-11-6-5-7-12-27/h5-7,11-18,20,24-26,33,42H,8-10,19,21-23H2,1-4H3,(H2,38,39,45)/t24-,25+,26-,33-/m0/s1. The van der Waals surface area contributed by atoms with Gasteiger partial charge in [-0.15, -0.1) is 0 Å². The van der Waals surface area contributed by atoms with Crippen LogP contribution in [0, 0.1) is 11.7 Å². The number of amides is 4. The number of anilines is 2. The second-order valence-electron chi connectivity index (χ2n) is 12.1. The minimum Gasteiger partial charge on any atom is -0.490 e. The fraction of sp³-hybridized carbons (Fsp3) is 0.417. The first-order valence-electron chi connectivity index (χ1n) is 16.0. The Kier molecular flexibility index (Phi) is 12.7. The number of carbonyl (C=O) groups is 3. The van der Waals surface area contributed by atoms with Crippen LogP contribution in [0.3, 0.4) is 0 Å². The number of aliphatic hydroxyl groups excluding tert-OH is 1. The number of hydrogen-bond acceptors (Lipinski definition) is 6. The first-order valence-corrected chi connectivity index (χ1v) is 16.0. The van der Waals surface area contributed by atoms with Crippen molar-refractivity contribution in [3.63, 3.8) is 0 Å². The van der Waals surface area contributed by atoms with E-state index in [1.807, 2.05) is 32.0 Å². The first-order chi connectivity index (χ1) is 22.5. The molecule has 3 N–H and O–H groups in total. The van der Waals surface area contributed by atoms with E-state index in [0.717, 1.165) is 19.3 Å². The molecule has 0 saturated carbocycles. The number of hydrogen-bond donors (Lipinski definition) is 3. The summed E-state index contributed by atoms with van der Waals surface area (Å²) in [5.74, 6) is -0.772. The summed E-state index contributed by atoms with van der Waals surface area (Å²) in [5.41, 5.74) is 1.56. The van der Waals surface area contributed by atoms with Gasteiger partial charge in [-0.3, -0.25) is 9.59 Å². The highest BCUT2D eigenvalue weighted by Crippen LogP contribution is 2.29. The molecule has 1 aliphatic rings. The molecule has 1 heterocycles. The maximum Gasteiger partial charge on any atom is 0.323 e. The van der Waals surface area contributed by atoms with Gasteiger partial charge in [0.25, 0.3) is 11.8 Å². The van der Waals surface area contributed by atoms with E-state index in [1.165, 1.54) is 24.3 Å². The van der Waals surface area contributed by atoms with Crippen LogP contribution in [0.5, 0.6) is 5.75 Å². The van der Waals surface area contributed by atoms with Gasteiger partial charge in [-0.1, -0.05) is 25.1 Å². The SMILES string of the molecule is C[C@H](CO)N1C[C@H](C)[C@H](CN(C)C(=O)c2ccccc2)OCCCC[C@H](C)Oc2ccc(NC(=O)Nc3ccc(F)cc3)cc2C1=O. The van der Waals surface area contributed by atoms with E-state index in [-0.39, 0.29) is 48.7 Å². The van der Waals surface area contributed by atoms with Crippen LogP contribution in [0.15, 0.2) is 72.8 Å². The summed E-state index contributed by atoms with van der Waals surface area (Å²) in [6, 6.07) is 18.2. The van der Waals surface area contributed by atoms with E-state index in [2.05, 4.69) is 10.6 Å². The van der Waals surface area contributed by atoms with Crippen LogP contribution in [-0.4, -0.2) is 84.4 Å². The average molecular weight is 649 g/mol. The zero-order valence-electron chi connectivity index (χ0n) is 27.4. The minimum atomic E-state index is -0.567. The smallest absolute Gasteiger partial charge is 0.323 e. The molecule has 0 aromatic heterocycles. The monoisotopic (exact) mass is 648 g/mol. The normalized spacial score (nSPS) is 19.8. The molecule has 1 aliphatic heterocycles. The second-order valence-corrected chi connectivity index (χ2v) is 12.1. The third-order valence-corrected chi connectivity index (χ3v) is 8.23. The number of aliphatic hydroxyl groups is 1. The molecule has 0 saturated heterocycles. The summed E-state index contributed by atoms with van der Waals surface area (Å²) in [4.78, 5) is 43.4. The summed E-state index contributed by atoms with van der Waals surface area (Å²) in [6.07, 6.45) is 1.76. The molecule has 0 spiro atoms. The number of rotatable bonds is 7. The first kappa shape index (κ1) is 35.4. The topological polar surface area (TPSA) is 120 Å². The van der Waals surface area contributed by atoms with Crippen molar-refractivity contribution in [2.24, 2.45) is 5.92 Å². The van der Waals surface area contributed by atoms with E-state index < -0.39 is 17.9 Å². The highest BCUT2D eigenvalue weighted by atomic mass is 19.1. The Bertz CT molecular complexity index is 1490. The number of halogens is 1. The Morgan fingerprint density at radius 3 is 2.40 bits per heavy atom. The number of carbonyl (C=O) groups excluding carboxylic acids is 3. The summed E-state index contributed by atoms with van der Waals surface area (Å²) in [7, 11) is 1.74. The third kappa shape index (κ3) is 10.0. The van der Waals surface area contributed by atoms with Crippen LogP contribution in [0.4, 0.5) is 20.6 Å². The van der Waals surface area contributed by atoms with E-state index in [1.54, 1.807) is 54.1 Å². The van der Waals surface area contributed by atoms with Gasteiger partial charge in [0.2, 0.25) is 0 Å². The van der Waals surface area contributed by atoms with Gasteiger partial charge in [0.05, 0.1) is 30.4 Å². The van der Waals surface area contributed by atoms with E-state index in [4.69, 9.17) is 9.47 Å². The molecule has 0 aliphatic carbocycles. The molecule has 0 fully saturated rings. The Morgan fingerprint density at radius 1 is 1.02 bits per heavy atom. The highest BCUT2D eigenvalue weighted by molar-refractivity contribution is 6.02. The average Bonchev–Trinajstić information content (AvgIpc) is 3.07. The van der Waals surface area contributed by atoms with Crippen molar-refractivity contribution in [1.82, 2.24) is 9.80 Å². The highest BCUT2D eigenvalue weighted by Gasteiger charge is 2.31. The van der Waals surface area contributed by atoms with Crippen molar-refractivity contribution in [1.29, 1.82) is 0 Å². The zero-order valence-corrected chi connectivity index (χ0v) is 27.4. The van der Waals surface area contributed by atoms with E-state index in [0.29, 0.717) is 35.8 Å². The summed E-state index contributed by atoms with van der Waals surface area (Å²) >= 11 is 0. The van der Waals surface area contributed by atoms with Gasteiger partial charge in [-0.2, -0.15) is 0 Å². The van der Waals surface area contributed by atoms with Crippen LogP contribution in [0.1, 0.15) is 60.7 Å². The minimum absolute atomic E-state index is 0.124. The van der Waals surface area contributed by atoms with E-state index >= 15 is 0 Å². The number of nitrogens with zero attached hydrogens (tertiary/aromatic N) is 2. The van der Waals surface area contributed by atoms with Crippen LogP contribution in [0.2, 0.25) is 0 Å². The number of ether oxygens (including phenoxy) is 2. The van der Waals surface area contributed by atoms with Crippen LogP contribution in [-0.2, 0) is 4.74 Å². The van der Waals surface area contributed by atoms with Crippen molar-refractivity contribution >= 4 is 29.2 Å². The lowest BCUT2D eigenvalue weighted by molar-refractivity contribution is -0.0149. The van der Waals surface area contributed by atoms with E-state index in [9.17, 15) is 23.9 Å². The van der Waals surface area contributed by atoms with Crippen LogP contribution < -0.4 is 15.4 Å². The quantitative estimate of drug-likeness (QED) is 0.288. The Hall–Kier alpha value is -4.48. The summed E-state index contributed by atoms with van der Waals surface area (Å²) < 4.78 is 25.9. The lowest BCUT2D eigenvalue weighted by Crippen LogP contribution is -2.48. The third-order valence-electron chi connectivity index (χ3n) is 8.23. The number of likely N-dealkylation sites (N-methyl/N-ethyl adjacent to an activating group) is 1. The molecular formula is C36H45FN4O6. The van der Waals surface area contributed by atoms with Gasteiger partial charge in [0.1, 0.15) is 11.6 Å². The molecule has 4 rings (SSSR count). The predicted octanol–water partition coefficient (Wildman–Crippen LogP) is 6.04. The Labute approximate surface area is 275 Å². The molecule has 0 unspecified atom stereocenters. The van der Waals surface area contributed by atoms with Crippen molar-refractivity contribution < 1.29 is 33.4 Å². The molecule has 11 heteroatoms. The summed E-state index contributed by atoms with van der Waals surface area (Å²) in [5, 5.41) is 15.6. The Morgan fingerprint density at radius 2 is 1.70 bits per heavy atom. The molecule has 10 nitrogen and oxygen atoms in total. The maximum atomic E-state index is 14.3. The molecule has 3 aromatic rings. The number of urea groups is 1. The number of nitrogens with one attached hydrogen (secondary N) is 2. The molecule has 4 atom stereocenters. The van der Waals surface area contributed by atoms with Gasteiger partial charge in [-0.05, 0) is 87.7 Å². The van der Waals surface area contributed by atoms with Gasteiger partial charge < -0.3 is 35.0 Å². The maximum absolute atomic E-state index is 14.3. The molecule has 252 valence electrons. The fourth-order valence-electron chi connectivity index (χ4n) is 5.44. The van der Waals surface area contributed by atoms with Gasteiger partial charge in [-0.25, -0.2) is 9.18 Å². The molecular weight excluding hydrogens is 603 g/mol. The van der Waals surface area contributed by atoms with Crippen molar-refractivity contribution in [2.45, 2.75) is 58.3 Å². The molecule has 0 radical (unpaired) electrons. The lowest BCUT2D eigenvalue weighted by atomic mass is 10.0. The van der Waals surface area contributed by atoms with Crippen molar-refractivity contribution in [2.75, 3.05) is 44.0 Å². The largest absolute Gasteiger partial charge is 0.490 e. The van der Waals surface area contributed by atoms with Gasteiger partial charge in [0.15, 0.2) is 0 Å². The van der Waals surface area contributed by atoms with Crippen LogP contribution in [0.25, 0.3) is 0 Å². The van der Waals surface area contributed by atoms with Crippen molar-refractivity contribution in [3.05, 3.63) is 89.7 Å². The van der Waals surface area contributed by atoms with Crippen molar-refractivity contribution in [3.8, 4) is 5.75 Å². The number of fused-ring (bicyclic) bond motifs is 1. The molecule has 3 aromatic carbocycles.